The molecule has 3 rings (SSSR count). The summed E-state index contributed by atoms with van der Waals surface area (Å²) in [7, 11) is 0. The summed E-state index contributed by atoms with van der Waals surface area (Å²) in [5, 5.41) is 18.8. The van der Waals surface area contributed by atoms with Crippen LogP contribution in [0.25, 0.3) is 0 Å². The molecule has 23 heavy (non-hydrogen) atoms. The molecule has 7 heteroatoms. The van der Waals surface area contributed by atoms with Crippen molar-refractivity contribution < 1.29 is 29.2 Å². The van der Waals surface area contributed by atoms with E-state index in [4.69, 9.17) is 14.2 Å². The molecular formula is C16H21NO6. The van der Waals surface area contributed by atoms with Crippen LogP contribution in [-0.4, -0.2) is 78.5 Å². The van der Waals surface area contributed by atoms with Crippen LogP contribution >= 0.6 is 0 Å². The largest absolute Gasteiger partial charge is 0.394 e. The zero-order valence-corrected chi connectivity index (χ0v) is 12.8. The Morgan fingerprint density at radius 1 is 1.17 bits per heavy atom. The van der Waals surface area contributed by atoms with Crippen molar-refractivity contribution in [3.8, 4) is 0 Å². The van der Waals surface area contributed by atoms with Crippen molar-refractivity contribution in [1.29, 1.82) is 0 Å². The fourth-order valence-corrected chi connectivity index (χ4v) is 2.94. The summed E-state index contributed by atoms with van der Waals surface area (Å²) in [4.78, 5) is 14.3. The summed E-state index contributed by atoms with van der Waals surface area (Å²) in [6, 6.07) is 8.93. The Morgan fingerprint density at radius 2 is 1.87 bits per heavy atom. The molecule has 1 aromatic rings. The van der Waals surface area contributed by atoms with E-state index in [9.17, 15) is 15.0 Å². The Morgan fingerprint density at radius 3 is 2.57 bits per heavy atom. The van der Waals surface area contributed by atoms with Crippen molar-refractivity contribution in [2.24, 2.45) is 0 Å². The van der Waals surface area contributed by atoms with Gasteiger partial charge in [0.25, 0.3) is 5.91 Å². The molecule has 7 nitrogen and oxygen atoms in total. The number of hydrogen-bond donors (Lipinski definition) is 2. The summed E-state index contributed by atoms with van der Waals surface area (Å²) in [6.07, 6.45) is -1.06. The number of ether oxygens (including phenoxy) is 3. The van der Waals surface area contributed by atoms with Crippen LogP contribution in [0.4, 0.5) is 0 Å². The molecule has 1 spiro atoms. The highest BCUT2D eigenvalue weighted by molar-refractivity contribution is 5.94. The van der Waals surface area contributed by atoms with Gasteiger partial charge in [-0.3, -0.25) is 4.79 Å². The lowest BCUT2D eigenvalue weighted by atomic mass is 10.1. The van der Waals surface area contributed by atoms with Gasteiger partial charge in [-0.15, -0.1) is 0 Å². The molecule has 0 aromatic heterocycles. The van der Waals surface area contributed by atoms with E-state index in [0.29, 0.717) is 5.56 Å². The third-order valence-corrected chi connectivity index (χ3v) is 3.96. The normalized spacial score (nSPS) is 31.3. The second kappa shape index (κ2) is 6.94. The van der Waals surface area contributed by atoms with E-state index in [1.54, 1.807) is 29.2 Å². The molecule has 2 aliphatic rings. The first-order valence-corrected chi connectivity index (χ1v) is 7.65. The average Bonchev–Trinajstić information content (AvgIpc) is 2.61. The molecule has 0 saturated carbocycles. The topological polar surface area (TPSA) is 88.5 Å². The van der Waals surface area contributed by atoms with Crippen LogP contribution in [-0.2, 0) is 14.2 Å². The van der Waals surface area contributed by atoms with E-state index in [1.807, 2.05) is 6.07 Å². The number of benzene rings is 1. The van der Waals surface area contributed by atoms with Gasteiger partial charge in [-0.2, -0.15) is 0 Å². The maximum Gasteiger partial charge on any atom is 0.254 e. The fraction of sp³-hybridized carbons (Fsp3) is 0.562. The highest BCUT2D eigenvalue weighted by Gasteiger charge is 2.47. The van der Waals surface area contributed by atoms with Crippen LogP contribution < -0.4 is 0 Å². The number of rotatable bonds is 3. The summed E-state index contributed by atoms with van der Waals surface area (Å²) < 4.78 is 17.1. The Hall–Kier alpha value is -1.51. The number of aliphatic hydroxyl groups is 2. The molecule has 1 unspecified atom stereocenters. The Labute approximate surface area is 134 Å². The fourth-order valence-electron chi connectivity index (χ4n) is 2.94. The molecule has 1 aromatic carbocycles. The third kappa shape index (κ3) is 3.54. The van der Waals surface area contributed by atoms with Crippen molar-refractivity contribution in [1.82, 2.24) is 4.90 Å². The Bertz CT molecular complexity index is 535. The first-order valence-electron chi connectivity index (χ1n) is 7.65. The highest BCUT2D eigenvalue weighted by Crippen LogP contribution is 2.29. The average molecular weight is 323 g/mol. The first kappa shape index (κ1) is 16.4. The van der Waals surface area contributed by atoms with Crippen LogP contribution in [0, 0.1) is 0 Å². The third-order valence-electron chi connectivity index (χ3n) is 3.96. The van der Waals surface area contributed by atoms with Crippen LogP contribution in [0.15, 0.2) is 30.3 Å². The maximum absolute atomic E-state index is 12.7. The highest BCUT2D eigenvalue weighted by atomic mass is 16.7. The summed E-state index contributed by atoms with van der Waals surface area (Å²) >= 11 is 0. The second-order valence-corrected chi connectivity index (χ2v) is 5.82. The van der Waals surface area contributed by atoms with Crippen LogP contribution in [0.1, 0.15) is 10.4 Å². The number of aliphatic hydroxyl groups excluding tert-OH is 2. The number of carbonyl (C=O) groups excluding carboxylic acids is 1. The predicted octanol–water partition coefficient (Wildman–Crippen LogP) is -0.376. The molecular weight excluding hydrogens is 302 g/mol. The molecule has 0 radical (unpaired) electrons. The minimum atomic E-state index is -1.15. The standard InChI is InChI=1S/C16H21NO6/c18-7-13-6-17(15(20)12-4-2-1-3-5-12)10-16(22-13)11-21-9-14(8-19)23-16/h1-5,13-14,18-19H,6-11H2/t13-,14-,16?/m1/s1. The quantitative estimate of drug-likeness (QED) is 0.789. The molecule has 2 aliphatic heterocycles. The van der Waals surface area contributed by atoms with Gasteiger partial charge in [0.05, 0.1) is 26.4 Å². The van der Waals surface area contributed by atoms with Crippen molar-refractivity contribution >= 4 is 5.91 Å². The van der Waals surface area contributed by atoms with E-state index in [1.165, 1.54) is 0 Å². The van der Waals surface area contributed by atoms with Crippen LogP contribution in [0.5, 0.6) is 0 Å². The van der Waals surface area contributed by atoms with Crippen LogP contribution in [0.2, 0.25) is 0 Å². The zero-order valence-electron chi connectivity index (χ0n) is 12.8. The van der Waals surface area contributed by atoms with E-state index >= 15 is 0 Å². The molecule has 3 atom stereocenters. The van der Waals surface area contributed by atoms with Crippen molar-refractivity contribution in [2.45, 2.75) is 18.0 Å². The van der Waals surface area contributed by atoms with Gasteiger partial charge in [0.2, 0.25) is 5.79 Å². The smallest absolute Gasteiger partial charge is 0.254 e. The van der Waals surface area contributed by atoms with Gasteiger partial charge >= 0.3 is 0 Å². The van der Waals surface area contributed by atoms with Crippen molar-refractivity contribution in [3.63, 3.8) is 0 Å². The van der Waals surface area contributed by atoms with E-state index < -0.39 is 18.0 Å². The number of amides is 1. The second-order valence-electron chi connectivity index (χ2n) is 5.82. The molecule has 0 aliphatic carbocycles. The SMILES string of the molecule is O=C(c1ccccc1)N1C[C@H](CO)OC2(COC[C@@H](CO)O2)C1. The minimum Gasteiger partial charge on any atom is -0.394 e. The van der Waals surface area contributed by atoms with Gasteiger partial charge in [0, 0.05) is 12.1 Å². The Kier molecular flexibility index (Phi) is 4.93. The van der Waals surface area contributed by atoms with Crippen molar-refractivity contribution in [3.05, 3.63) is 35.9 Å². The van der Waals surface area contributed by atoms with E-state index in [-0.39, 0.29) is 45.4 Å². The van der Waals surface area contributed by atoms with E-state index in [0.717, 1.165) is 0 Å². The number of carbonyl (C=O) groups is 1. The Balaban J connectivity index is 1.80. The van der Waals surface area contributed by atoms with E-state index in [2.05, 4.69) is 0 Å². The molecule has 1 amide bonds. The molecule has 2 fully saturated rings. The van der Waals surface area contributed by atoms with Gasteiger partial charge in [-0.05, 0) is 12.1 Å². The van der Waals surface area contributed by atoms with Crippen molar-refractivity contribution in [2.75, 3.05) is 39.5 Å². The van der Waals surface area contributed by atoms with Gasteiger partial charge in [0.1, 0.15) is 18.8 Å². The van der Waals surface area contributed by atoms with Crippen LogP contribution in [0.3, 0.4) is 0 Å². The summed E-state index contributed by atoms with van der Waals surface area (Å²) in [5.41, 5.74) is 0.566. The minimum absolute atomic E-state index is 0.151. The molecule has 126 valence electrons. The van der Waals surface area contributed by atoms with Gasteiger partial charge < -0.3 is 29.3 Å². The molecule has 0 bridgehead atoms. The molecule has 2 N–H and O–H groups in total. The van der Waals surface area contributed by atoms with Gasteiger partial charge in [-0.25, -0.2) is 0 Å². The summed E-state index contributed by atoms with van der Waals surface area (Å²) in [5.74, 6) is -1.30. The summed E-state index contributed by atoms with van der Waals surface area (Å²) in [6.45, 7) is 0.471. The van der Waals surface area contributed by atoms with Gasteiger partial charge in [0.15, 0.2) is 0 Å². The molecule has 2 saturated heterocycles. The zero-order chi connectivity index (χ0) is 16.3. The number of morpholine rings is 1. The maximum atomic E-state index is 12.7. The molecule has 2 heterocycles. The lowest BCUT2D eigenvalue weighted by Gasteiger charge is -2.48. The number of nitrogens with zero attached hydrogens (tertiary/aromatic N) is 1. The number of hydrogen-bond acceptors (Lipinski definition) is 6. The first-order chi connectivity index (χ1) is 11.2. The monoisotopic (exact) mass is 323 g/mol. The predicted molar refractivity (Wildman–Crippen MR) is 79.8 cm³/mol. The van der Waals surface area contributed by atoms with Gasteiger partial charge in [-0.1, -0.05) is 18.2 Å². The lowest BCUT2D eigenvalue weighted by Crippen LogP contribution is -2.64. The lowest BCUT2D eigenvalue weighted by molar-refractivity contribution is -0.353.